The van der Waals surface area contributed by atoms with Crippen LogP contribution in [0.5, 0.6) is 28.7 Å². The zero-order valence-electron chi connectivity index (χ0n) is 18.0. The smallest absolute Gasteiger partial charge is 0.203 e. The van der Waals surface area contributed by atoms with Gasteiger partial charge >= 0.3 is 0 Å². The lowest BCUT2D eigenvalue weighted by Gasteiger charge is -2.15. The van der Waals surface area contributed by atoms with E-state index in [0.717, 1.165) is 22.3 Å². The summed E-state index contributed by atoms with van der Waals surface area (Å²) in [6.07, 6.45) is 1.71. The number of phenolic OH excluding ortho intramolecular Hbond substituents is 1. The summed E-state index contributed by atoms with van der Waals surface area (Å²) >= 11 is 0. The quantitative estimate of drug-likeness (QED) is 0.501. The highest BCUT2D eigenvalue weighted by molar-refractivity contribution is 5.81. The molecule has 0 saturated heterocycles. The highest BCUT2D eigenvalue weighted by Crippen LogP contribution is 2.40. The highest BCUT2D eigenvalue weighted by Gasteiger charge is 2.17. The molecule has 0 radical (unpaired) electrons. The third-order valence-electron chi connectivity index (χ3n) is 5.10. The van der Waals surface area contributed by atoms with Crippen LogP contribution in [0.3, 0.4) is 0 Å². The molecule has 0 fully saturated rings. The molecule has 2 heterocycles. The molecule has 160 valence electrons. The molecule has 0 bridgehead atoms. The molecule has 0 saturated carbocycles. The van der Waals surface area contributed by atoms with Crippen molar-refractivity contribution in [1.82, 2.24) is 14.5 Å². The molecule has 0 spiro atoms. The number of phenols is 1. The Morgan fingerprint density at radius 2 is 1.52 bits per heavy atom. The van der Waals surface area contributed by atoms with Crippen LogP contribution in [0.1, 0.15) is 5.56 Å². The average Bonchev–Trinajstić information content (AvgIpc) is 3.22. The number of fused-ring (bicyclic) bond motifs is 1. The van der Waals surface area contributed by atoms with Gasteiger partial charge in [0.05, 0.1) is 39.8 Å². The molecule has 0 aliphatic heterocycles. The van der Waals surface area contributed by atoms with Crippen molar-refractivity contribution in [3.05, 3.63) is 48.3 Å². The Labute approximate surface area is 179 Å². The van der Waals surface area contributed by atoms with Crippen LogP contribution in [0.25, 0.3) is 28.1 Å². The number of ether oxygens (including phenoxy) is 4. The van der Waals surface area contributed by atoms with Crippen molar-refractivity contribution in [1.29, 1.82) is 0 Å². The number of aromatic nitrogens is 3. The Hall–Kier alpha value is -3.94. The van der Waals surface area contributed by atoms with Crippen LogP contribution < -0.4 is 18.9 Å². The van der Waals surface area contributed by atoms with Crippen LogP contribution in [0, 0.1) is 6.92 Å². The first-order valence-corrected chi connectivity index (χ1v) is 9.53. The van der Waals surface area contributed by atoms with Gasteiger partial charge < -0.3 is 24.1 Å². The van der Waals surface area contributed by atoms with Gasteiger partial charge in [-0.15, -0.1) is 0 Å². The second kappa shape index (κ2) is 8.06. The minimum atomic E-state index is 0.0534. The SMILES string of the molecule is COc1ccc(-c2cc(C)c3ncn(-c4cc(OC)c(OC)c(OC)c4)c3n2)cc1O. The first-order chi connectivity index (χ1) is 15.0. The monoisotopic (exact) mass is 421 g/mol. The van der Waals surface area contributed by atoms with Crippen LogP contribution in [0.4, 0.5) is 0 Å². The molecule has 8 heteroatoms. The Balaban J connectivity index is 1.90. The standard InChI is InChI=1S/C23H23N3O5/c1-13-8-16(14-6-7-18(28-2)17(27)9-14)25-23-21(13)24-12-26(23)15-10-19(29-3)22(31-5)20(11-15)30-4/h6-12,27H,1-5H3. The topological polar surface area (TPSA) is 87.9 Å². The third kappa shape index (κ3) is 3.46. The summed E-state index contributed by atoms with van der Waals surface area (Å²) < 4.78 is 23.4. The number of hydrogen-bond donors (Lipinski definition) is 1. The number of pyridine rings is 1. The number of aromatic hydroxyl groups is 1. The van der Waals surface area contributed by atoms with Crippen molar-refractivity contribution in [2.75, 3.05) is 28.4 Å². The zero-order chi connectivity index (χ0) is 22.1. The van der Waals surface area contributed by atoms with E-state index in [-0.39, 0.29) is 5.75 Å². The van der Waals surface area contributed by atoms with Gasteiger partial charge in [0.15, 0.2) is 28.6 Å². The van der Waals surface area contributed by atoms with Gasteiger partial charge in [-0.2, -0.15) is 0 Å². The largest absolute Gasteiger partial charge is 0.504 e. The number of nitrogens with zero attached hydrogens (tertiary/aromatic N) is 3. The fourth-order valence-corrected chi connectivity index (χ4v) is 3.54. The Kier molecular flexibility index (Phi) is 5.29. The van der Waals surface area contributed by atoms with E-state index < -0.39 is 0 Å². The summed E-state index contributed by atoms with van der Waals surface area (Å²) in [5.41, 5.74) is 4.63. The maximum Gasteiger partial charge on any atom is 0.203 e. The molecule has 0 amide bonds. The van der Waals surface area contributed by atoms with Crippen molar-refractivity contribution in [2.24, 2.45) is 0 Å². The van der Waals surface area contributed by atoms with Gasteiger partial charge in [-0.1, -0.05) is 0 Å². The second-order valence-electron chi connectivity index (χ2n) is 6.88. The first kappa shape index (κ1) is 20.3. The highest BCUT2D eigenvalue weighted by atomic mass is 16.5. The molecule has 8 nitrogen and oxygen atoms in total. The van der Waals surface area contributed by atoms with Crippen LogP contribution in [-0.2, 0) is 0 Å². The van der Waals surface area contributed by atoms with Crippen molar-refractivity contribution in [3.8, 4) is 45.7 Å². The molecule has 2 aromatic carbocycles. The fourth-order valence-electron chi connectivity index (χ4n) is 3.54. The summed E-state index contributed by atoms with van der Waals surface area (Å²) in [5, 5.41) is 10.2. The molecular formula is C23H23N3O5. The van der Waals surface area contributed by atoms with Crippen LogP contribution in [0.2, 0.25) is 0 Å². The molecule has 31 heavy (non-hydrogen) atoms. The predicted molar refractivity (Wildman–Crippen MR) is 117 cm³/mol. The van der Waals surface area contributed by atoms with Gasteiger partial charge in [-0.25, -0.2) is 9.97 Å². The van der Waals surface area contributed by atoms with Crippen LogP contribution >= 0.6 is 0 Å². The van der Waals surface area contributed by atoms with Crippen molar-refractivity contribution in [2.45, 2.75) is 6.92 Å². The molecule has 1 N–H and O–H groups in total. The Morgan fingerprint density at radius 1 is 0.839 bits per heavy atom. The summed E-state index contributed by atoms with van der Waals surface area (Å²) in [6.45, 7) is 1.98. The maximum atomic E-state index is 10.2. The molecule has 2 aromatic heterocycles. The van der Waals surface area contributed by atoms with E-state index in [1.54, 1.807) is 39.8 Å². The number of methoxy groups -OCH3 is 4. The second-order valence-corrected chi connectivity index (χ2v) is 6.88. The molecule has 0 aliphatic carbocycles. The average molecular weight is 421 g/mol. The minimum absolute atomic E-state index is 0.0534. The summed E-state index contributed by atoms with van der Waals surface area (Å²) in [7, 11) is 6.22. The van der Waals surface area contributed by atoms with E-state index >= 15 is 0 Å². The number of rotatable bonds is 6. The van der Waals surface area contributed by atoms with Crippen molar-refractivity contribution < 1.29 is 24.1 Å². The molecule has 4 rings (SSSR count). The number of benzene rings is 2. The third-order valence-corrected chi connectivity index (χ3v) is 5.10. The van der Waals surface area contributed by atoms with E-state index in [2.05, 4.69) is 4.98 Å². The molecule has 0 unspecified atom stereocenters. The fraction of sp³-hybridized carbons (Fsp3) is 0.217. The number of imidazole rings is 1. The van der Waals surface area contributed by atoms with E-state index in [4.69, 9.17) is 23.9 Å². The summed E-state index contributed by atoms with van der Waals surface area (Å²) in [6, 6.07) is 10.8. The van der Waals surface area contributed by atoms with E-state index in [1.165, 1.54) is 7.11 Å². The van der Waals surface area contributed by atoms with Gasteiger partial charge in [-0.05, 0) is 36.8 Å². The van der Waals surface area contributed by atoms with E-state index in [1.807, 2.05) is 35.8 Å². The molecule has 4 aromatic rings. The lowest BCUT2D eigenvalue weighted by Crippen LogP contribution is -2.00. The maximum absolute atomic E-state index is 10.2. The normalized spacial score (nSPS) is 10.9. The summed E-state index contributed by atoms with van der Waals surface area (Å²) in [5.74, 6) is 2.04. The van der Waals surface area contributed by atoms with Crippen LogP contribution in [0.15, 0.2) is 42.7 Å². The lowest BCUT2D eigenvalue weighted by molar-refractivity contribution is 0.324. The van der Waals surface area contributed by atoms with Gasteiger partial charge in [0, 0.05) is 17.7 Å². The van der Waals surface area contributed by atoms with Gasteiger partial charge in [0.25, 0.3) is 0 Å². The molecule has 0 aliphatic rings. The summed E-state index contributed by atoms with van der Waals surface area (Å²) in [4.78, 5) is 9.37. The van der Waals surface area contributed by atoms with Gasteiger partial charge in [0.2, 0.25) is 5.75 Å². The zero-order valence-corrected chi connectivity index (χ0v) is 18.0. The Morgan fingerprint density at radius 3 is 2.10 bits per heavy atom. The first-order valence-electron chi connectivity index (χ1n) is 9.53. The lowest BCUT2D eigenvalue weighted by atomic mass is 10.1. The van der Waals surface area contributed by atoms with Crippen molar-refractivity contribution in [3.63, 3.8) is 0 Å². The van der Waals surface area contributed by atoms with Gasteiger partial charge in [0.1, 0.15) is 11.8 Å². The van der Waals surface area contributed by atoms with Crippen molar-refractivity contribution >= 4 is 11.2 Å². The Bertz CT molecular complexity index is 1240. The van der Waals surface area contributed by atoms with Gasteiger partial charge in [-0.3, -0.25) is 4.57 Å². The van der Waals surface area contributed by atoms with Crippen LogP contribution in [-0.4, -0.2) is 48.1 Å². The number of aryl methyl sites for hydroxylation is 1. The predicted octanol–water partition coefficient (Wildman–Crippen LogP) is 4.14. The molecular weight excluding hydrogens is 398 g/mol. The minimum Gasteiger partial charge on any atom is -0.504 e. The van der Waals surface area contributed by atoms with E-state index in [9.17, 15) is 5.11 Å². The number of hydrogen-bond acceptors (Lipinski definition) is 7. The molecule has 0 atom stereocenters. The van der Waals surface area contributed by atoms with E-state index in [0.29, 0.717) is 34.3 Å².